The van der Waals surface area contributed by atoms with E-state index in [2.05, 4.69) is 105 Å². The average molecular weight is 321 g/mol. The third kappa shape index (κ3) is 3.19. The van der Waals surface area contributed by atoms with Gasteiger partial charge in [-0.25, -0.2) is 5.01 Å². The minimum atomic E-state index is 0.103. The van der Waals surface area contributed by atoms with Crippen LogP contribution >= 0.6 is 0 Å². The minimum absolute atomic E-state index is 0.103. The fraction of sp³-hybridized carbons (Fsp3) is 0.381. The van der Waals surface area contributed by atoms with E-state index in [9.17, 15) is 0 Å². The van der Waals surface area contributed by atoms with E-state index in [4.69, 9.17) is 0 Å². The Morgan fingerprint density at radius 2 is 1.46 bits per heavy atom. The first-order valence-corrected chi connectivity index (χ1v) is 8.72. The van der Waals surface area contributed by atoms with Crippen LogP contribution in [0.5, 0.6) is 0 Å². The maximum atomic E-state index is 3.61. The smallest absolute Gasteiger partial charge is 0.137 e. The first kappa shape index (κ1) is 17.0. The fourth-order valence-electron chi connectivity index (χ4n) is 3.27. The maximum Gasteiger partial charge on any atom is 0.137 e. The van der Waals surface area contributed by atoms with Crippen molar-refractivity contribution in [1.82, 2.24) is 10.5 Å². The number of hydrogen-bond donors (Lipinski definition) is 1. The van der Waals surface area contributed by atoms with Crippen molar-refractivity contribution in [2.75, 3.05) is 12.1 Å². The van der Waals surface area contributed by atoms with Crippen LogP contribution in [0.3, 0.4) is 0 Å². The van der Waals surface area contributed by atoms with Gasteiger partial charge in [0.1, 0.15) is 6.54 Å². The van der Waals surface area contributed by atoms with Crippen molar-refractivity contribution < 1.29 is 0 Å². The van der Waals surface area contributed by atoms with Gasteiger partial charge >= 0.3 is 0 Å². The average Bonchev–Trinajstić information content (AvgIpc) is 2.96. The number of nitrogens with one attached hydrogen (secondary N) is 1. The van der Waals surface area contributed by atoms with Gasteiger partial charge in [-0.2, -0.15) is 5.53 Å². The van der Waals surface area contributed by atoms with Crippen molar-refractivity contribution in [3.8, 4) is 0 Å². The van der Waals surface area contributed by atoms with E-state index >= 15 is 0 Å². The zero-order valence-electron chi connectivity index (χ0n) is 15.2. The Kier molecular flexibility index (Phi) is 4.93. The molecule has 2 aromatic rings. The second-order valence-corrected chi connectivity index (χ2v) is 7.08. The number of hydrazine groups is 2. The van der Waals surface area contributed by atoms with Crippen LogP contribution in [0.4, 0.5) is 5.69 Å². The summed E-state index contributed by atoms with van der Waals surface area (Å²) in [4.78, 5) is 0. The summed E-state index contributed by atoms with van der Waals surface area (Å²) in [5.41, 5.74) is 8.65. The molecule has 1 atom stereocenters. The Bertz CT molecular complexity index is 652. The van der Waals surface area contributed by atoms with Crippen LogP contribution in [0.2, 0.25) is 0 Å². The number of rotatable bonds is 4. The van der Waals surface area contributed by atoms with Gasteiger partial charge in [0.15, 0.2) is 0 Å². The molecule has 2 aromatic carbocycles. The van der Waals surface area contributed by atoms with Gasteiger partial charge in [0.2, 0.25) is 0 Å². The fourth-order valence-corrected chi connectivity index (χ4v) is 3.27. The van der Waals surface area contributed by atoms with E-state index < -0.39 is 0 Å². The summed E-state index contributed by atoms with van der Waals surface area (Å²) in [6.07, 6.45) is 0. The highest BCUT2D eigenvalue weighted by molar-refractivity contribution is 5.63. The highest BCUT2D eigenvalue weighted by Gasteiger charge is 2.33. The lowest BCUT2D eigenvalue weighted by Crippen LogP contribution is -2.38. The summed E-state index contributed by atoms with van der Waals surface area (Å²) in [5, 5.41) is 4.19. The first-order valence-electron chi connectivity index (χ1n) is 8.72. The summed E-state index contributed by atoms with van der Waals surface area (Å²) in [7, 11) is 2.07. The number of hydrogen-bond acceptors (Lipinski definition) is 3. The molecule has 1 heterocycles. The van der Waals surface area contributed by atoms with E-state index in [0.29, 0.717) is 11.8 Å². The zero-order valence-corrected chi connectivity index (χ0v) is 15.2. The first-order chi connectivity index (χ1) is 11.5. The quantitative estimate of drug-likeness (QED) is 0.865. The molecular formula is C21H27N3. The molecule has 0 aliphatic carbocycles. The van der Waals surface area contributed by atoms with Gasteiger partial charge in [0.25, 0.3) is 0 Å². The molecule has 0 aromatic heterocycles. The molecule has 1 unspecified atom stereocenters. The predicted molar refractivity (Wildman–Crippen MR) is 100 cm³/mol. The molecule has 0 spiro atoms. The van der Waals surface area contributed by atoms with Crippen molar-refractivity contribution in [2.24, 2.45) is 0 Å². The van der Waals surface area contributed by atoms with Gasteiger partial charge in [-0.1, -0.05) is 76.2 Å². The highest BCUT2D eigenvalue weighted by Crippen LogP contribution is 2.39. The summed E-state index contributed by atoms with van der Waals surface area (Å²) in [6, 6.07) is 17.2. The molecule has 3 nitrogen and oxygen atoms in total. The van der Waals surface area contributed by atoms with Crippen LogP contribution < -0.4 is 10.5 Å². The van der Waals surface area contributed by atoms with E-state index in [0.717, 1.165) is 0 Å². The summed E-state index contributed by atoms with van der Waals surface area (Å²) in [5.74, 6) is 0.923. The van der Waals surface area contributed by atoms with E-state index in [-0.39, 0.29) is 6.04 Å². The third-order valence-corrected chi connectivity index (χ3v) is 4.58. The van der Waals surface area contributed by atoms with Crippen LogP contribution in [-0.2, 0) is 0 Å². The van der Waals surface area contributed by atoms with E-state index in [1.165, 1.54) is 22.4 Å². The molecular weight excluding hydrogens is 294 g/mol. The van der Waals surface area contributed by atoms with Gasteiger partial charge < -0.3 is 0 Å². The molecule has 0 bridgehead atoms. The second kappa shape index (κ2) is 6.96. The van der Waals surface area contributed by atoms with Crippen LogP contribution in [0, 0.1) is 6.54 Å². The number of likely N-dealkylation sites (N-methyl/N-ethyl adjacent to an activating group) is 1. The maximum absolute atomic E-state index is 3.61. The van der Waals surface area contributed by atoms with Gasteiger partial charge in [-0.15, -0.1) is 0 Å². The molecule has 24 heavy (non-hydrogen) atoms. The lowest BCUT2D eigenvalue weighted by molar-refractivity contribution is 0.243. The van der Waals surface area contributed by atoms with E-state index in [1.807, 2.05) is 0 Å². The summed E-state index contributed by atoms with van der Waals surface area (Å²) >= 11 is 0. The Labute approximate surface area is 146 Å². The molecule has 1 aliphatic heterocycles. The molecule has 1 saturated heterocycles. The zero-order chi connectivity index (χ0) is 17.3. The SMILES string of the molecule is CC(C)c1cccc(C(C)C)c1N1[C]C(c2ccccc2)N(C)N1. The molecule has 0 saturated carbocycles. The van der Waals surface area contributed by atoms with Gasteiger partial charge in [0.05, 0.1) is 11.7 Å². The van der Waals surface area contributed by atoms with E-state index in [1.54, 1.807) is 0 Å². The Hall–Kier alpha value is -1.84. The Morgan fingerprint density at radius 1 is 0.875 bits per heavy atom. The lowest BCUT2D eigenvalue weighted by atomic mass is 9.92. The number of nitrogens with zero attached hydrogens (tertiary/aromatic N) is 2. The Balaban J connectivity index is 1.98. The topological polar surface area (TPSA) is 18.5 Å². The van der Waals surface area contributed by atoms with Crippen molar-refractivity contribution in [3.63, 3.8) is 0 Å². The van der Waals surface area contributed by atoms with Crippen LogP contribution in [0.15, 0.2) is 48.5 Å². The molecule has 0 amide bonds. The molecule has 1 N–H and O–H groups in total. The molecule has 1 aliphatic rings. The largest absolute Gasteiger partial charge is 0.281 e. The molecule has 126 valence electrons. The van der Waals surface area contributed by atoms with Crippen molar-refractivity contribution in [3.05, 3.63) is 71.8 Å². The number of benzene rings is 2. The highest BCUT2D eigenvalue weighted by atomic mass is 15.8. The minimum Gasteiger partial charge on any atom is -0.281 e. The standard InChI is InChI=1S/C21H27N3/c1-15(2)18-12-9-13-19(16(3)4)21(18)24-14-20(23(5)22-24)17-10-7-6-8-11-17/h6-13,15-16,20,22H,1-5H3. The monoisotopic (exact) mass is 321 g/mol. The molecule has 2 radical (unpaired) electrons. The van der Waals surface area contributed by atoms with Crippen LogP contribution in [-0.4, -0.2) is 12.1 Å². The van der Waals surface area contributed by atoms with Crippen LogP contribution in [0.1, 0.15) is 62.3 Å². The van der Waals surface area contributed by atoms with Gasteiger partial charge in [0, 0.05) is 7.05 Å². The van der Waals surface area contributed by atoms with Crippen LogP contribution in [0.25, 0.3) is 0 Å². The molecule has 3 heteroatoms. The third-order valence-electron chi connectivity index (χ3n) is 4.58. The van der Waals surface area contributed by atoms with Crippen molar-refractivity contribution in [2.45, 2.75) is 45.6 Å². The normalized spacial score (nSPS) is 18.8. The predicted octanol–water partition coefficient (Wildman–Crippen LogP) is 4.88. The Morgan fingerprint density at radius 3 is 2.00 bits per heavy atom. The molecule has 1 fully saturated rings. The summed E-state index contributed by atoms with van der Waals surface area (Å²) in [6.45, 7) is 12.6. The summed E-state index contributed by atoms with van der Waals surface area (Å²) < 4.78 is 0. The van der Waals surface area contributed by atoms with Crippen molar-refractivity contribution in [1.29, 1.82) is 0 Å². The lowest BCUT2D eigenvalue weighted by Gasteiger charge is -2.27. The second-order valence-electron chi connectivity index (χ2n) is 7.08. The number of anilines is 1. The van der Waals surface area contributed by atoms with Gasteiger partial charge in [-0.05, 0) is 28.5 Å². The molecule has 3 rings (SSSR count). The van der Waals surface area contributed by atoms with Gasteiger partial charge in [-0.3, -0.25) is 5.01 Å². The van der Waals surface area contributed by atoms with Crippen molar-refractivity contribution >= 4 is 5.69 Å². The number of para-hydroxylation sites is 1.